The minimum Gasteiger partial charge on any atom is -0.351 e. The number of carbonyl (C=O) groups is 2. The molecule has 1 aliphatic carbocycles. The molecular formula is C22H37NO5. The Kier molecular flexibility index (Phi) is 7.82. The average Bonchev–Trinajstić information content (AvgIpc) is 2.84. The molecular weight excluding hydrogens is 358 g/mol. The Balaban J connectivity index is 1.87. The molecule has 6 nitrogen and oxygen atoms in total. The second-order valence-electron chi connectivity index (χ2n) is 9.00. The van der Waals surface area contributed by atoms with E-state index in [0.29, 0.717) is 48.3 Å². The van der Waals surface area contributed by atoms with Crippen molar-refractivity contribution in [3.63, 3.8) is 0 Å². The summed E-state index contributed by atoms with van der Waals surface area (Å²) in [5, 5.41) is 0. The summed E-state index contributed by atoms with van der Waals surface area (Å²) in [6.45, 7) is 12.3. The molecule has 1 saturated carbocycles. The highest BCUT2D eigenvalue weighted by molar-refractivity contribution is 6.18. The minimum atomic E-state index is -0.911. The molecule has 0 aromatic rings. The highest BCUT2D eigenvalue weighted by Crippen LogP contribution is 2.36. The van der Waals surface area contributed by atoms with Gasteiger partial charge in [-0.3, -0.25) is 14.5 Å². The molecule has 160 valence electrons. The quantitative estimate of drug-likeness (QED) is 0.253. The standard InChI is InChI=1S/C22H37NO5/c1-14(2)18-10-9-15(3)13-19(18)27-28-22(6,26-7)11-8-12-23-20(24)16(4)17(5)21(23)25/h14-15,18-19H,8-13H2,1-7H3. The molecule has 2 aliphatic rings. The Morgan fingerprint density at radius 2 is 1.75 bits per heavy atom. The van der Waals surface area contributed by atoms with Crippen molar-refractivity contribution >= 4 is 11.8 Å². The van der Waals surface area contributed by atoms with Crippen molar-refractivity contribution in [1.82, 2.24) is 4.90 Å². The van der Waals surface area contributed by atoms with Gasteiger partial charge in [0.25, 0.3) is 11.8 Å². The van der Waals surface area contributed by atoms with Crippen LogP contribution in [0.5, 0.6) is 0 Å². The van der Waals surface area contributed by atoms with Crippen LogP contribution in [0.3, 0.4) is 0 Å². The maximum Gasteiger partial charge on any atom is 0.256 e. The first kappa shape index (κ1) is 23.0. The maximum absolute atomic E-state index is 12.2. The zero-order chi connectivity index (χ0) is 21.1. The van der Waals surface area contributed by atoms with E-state index in [1.165, 1.54) is 11.3 Å². The van der Waals surface area contributed by atoms with Gasteiger partial charge in [-0.2, -0.15) is 0 Å². The predicted molar refractivity (Wildman–Crippen MR) is 107 cm³/mol. The van der Waals surface area contributed by atoms with Crippen LogP contribution in [0.25, 0.3) is 0 Å². The Hall–Kier alpha value is -1.24. The Morgan fingerprint density at radius 3 is 2.29 bits per heavy atom. The number of nitrogens with zero attached hydrogens (tertiary/aromatic N) is 1. The lowest BCUT2D eigenvalue weighted by atomic mass is 9.75. The van der Waals surface area contributed by atoms with E-state index in [1.807, 2.05) is 6.92 Å². The summed E-state index contributed by atoms with van der Waals surface area (Å²) in [6.07, 6.45) is 4.54. The van der Waals surface area contributed by atoms with E-state index < -0.39 is 5.79 Å². The topological polar surface area (TPSA) is 65.1 Å². The molecule has 4 atom stereocenters. The van der Waals surface area contributed by atoms with Crippen molar-refractivity contribution < 1.29 is 24.1 Å². The van der Waals surface area contributed by atoms with Crippen LogP contribution in [-0.4, -0.2) is 42.3 Å². The molecule has 0 bridgehead atoms. The first-order valence-corrected chi connectivity index (χ1v) is 10.5. The minimum absolute atomic E-state index is 0.0643. The van der Waals surface area contributed by atoms with Crippen LogP contribution in [0.15, 0.2) is 11.1 Å². The summed E-state index contributed by atoms with van der Waals surface area (Å²) in [4.78, 5) is 37.3. The number of rotatable bonds is 9. The van der Waals surface area contributed by atoms with E-state index in [1.54, 1.807) is 21.0 Å². The molecule has 0 N–H and O–H groups in total. The van der Waals surface area contributed by atoms with E-state index in [2.05, 4.69) is 20.8 Å². The molecule has 0 aromatic heterocycles. The number of amides is 2. The van der Waals surface area contributed by atoms with Crippen LogP contribution in [0.4, 0.5) is 0 Å². The second kappa shape index (κ2) is 9.51. The smallest absolute Gasteiger partial charge is 0.256 e. The molecule has 6 heteroatoms. The van der Waals surface area contributed by atoms with Gasteiger partial charge >= 0.3 is 0 Å². The van der Waals surface area contributed by atoms with Crippen LogP contribution in [0.2, 0.25) is 0 Å². The lowest BCUT2D eigenvalue weighted by molar-refractivity contribution is -0.446. The number of hydrogen-bond acceptors (Lipinski definition) is 5. The summed E-state index contributed by atoms with van der Waals surface area (Å²) < 4.78 is 5.57. The predicted octanol–water partition coefficient (Wildman–Crippen LogP) is 4.24. The van der Waals surface area contributed by atoms with Crippen LogP contribution < -0.4 is 0 Å². The summed E-state index contributed by atoms with van der Waals surface area (Å²) >= 11 is 0. The van der Waals surface area contributed by atoms with Crippen molar-refractivity contribution in [2.75, 3.05) is 13.7 Å². The Morgan fingerprint density at radius 1 is 1.14 bits per heavy atom. The SMILES string of the molecule is COC(C)(CCCN1C(=O)C(C)=C(C)C1=O)OOC1CC(C)CCC1C(C)C. The highest BCUT2D eigenvalue weighted by atomic mass is 17.2. The van der Waals surface area contributed by atoms with Gasteiger partial charge < -0.3 is 4.74 Å². The lowest BCUT2D eigenvalue weighted by Gasteiger charge is -2.38. The number of methoxy groups -OCH3 is 1. The zero-order valence-corrected chi connectivity index (χ0v) is 18.5. The molecule has 28 heavy (non-hydrogen) atoms. The summed E-state index contributed by atoms with van der Waals surface area (Å²) in [5.74, 6) is 0.342. The largest absolute Gasteiger partial charge is 0.351 e. The number of imide groups is 1. The van der Waals surface area contributed by atoms with E-state index >= 15 is 0 Å². The number of ether oxygens (including phenoxy) is 1. The van der Waals surface area contributed by atoms with Gasteiger partial charge in [-0.15, -0.1) is 0 Å². The highest BCUT2D eigenvalue weighted by Gasteiger charge is 2.36. The molecule has 1 fully saturated rings. The van der Waals surface area contributed by atoms with Gasteiger partial charge in [0.2, 0.25) is 0 Å². The van der Waals surface area contributed by atoms with Gasteiger partial charge in [0.05, 0.1) is 6.10 Å². The van der Waals surface area contributed by atoms with Gasteiger partial charge in [-0.05, 0) is 57.8 Å². The van der Waals surface area contributed by atoms with Gasteiger partial charge in [-0.1, -0.05) is 27.2 Å². The first-order valence-electron chi connectivity index (χ1n) is 10.5. The Labute approximate surface area is 169 Å². The van der Waals surface area contributed by atoms with E-state index in [4.69, 9.17) is 14.5 Å². The van der Waals surface area contributed by atoms with Crippen LogP contribution in [0.1, 0.15) is 73.6 Å². The number of carbonyl (C=O) groups excluding carboxylic acids is 2. The van der Waals surface area contributed by atoms with Crippen LogP contribution in [-0.2, 0) is 24.1 Å². The van der Waals surface area contributed by atoms with Crippen molar-refractivity contribution in [1.29, 1.82) is 0 Å². The first-order chi connectivity index (χ1) is 13.1. The van der Waals surface area contributed by atoms with Gasteiger partial charge in [0, 0.05) is 31.2 Å². The molecule has 0 radical (unpaired) electrons. The van der Waals surface area contributed by atoms with E-state index in [0.717, 1.165) is 12.8 Å². The van der Waals surface area contributed by atoms with Crippen LogP contribution >= 0.6 is 0 Å². The third kappa shape index (κ3) is 5.22. The lowest BCUT2D eigenvalue weighted by Crippen LogP contribution is -2.40. The summed E-state index contributed by atoms with van der Waals surface area (Å²) in [6, 6.07) is 0. The summed E-state index contributed by atoms with van der Waals surface area (Å²) in [7, 11) is 1.59. The average molecular weight is 396 g/mol. The summed E-state index contributed by atoms with van der Waals surface area (Å²) in [5.41, 5.74) is 1.07. The Bertz CT molecular complexity index is 590. The van der Waals surface area contributed by atoms with Gasteiger partial charge in [-0.25, -0.2) is 9.78 Å². The molecule has 4 unspecified atom stereocenters. The zero-order valence-electron chi connectivity index (χ0n) is 18.5. The molecule has 2 amide bonds. The molecule has 2 rings (SSSR count). The van der Waals surface area contributed by atoms with Crippen molar-refractivity contribution in [3.05, 3.63) is 11.1 Å². The van der Waals surface area contributed by atoms with Crippen molar-refractivity contribution in [2.45, 2.75) is 85.5 Å². The number of hydrogen-bond donors (Lipinski definition) is 0. The van der Waals surface area contributed by atoms with E-state index in [-0.39, 0.29) is 17.9 Å². The van der Waals surface area contributed by atoms with Gasteiger partial charge in [0.1, 0.15) is 0 Å². The fraction of sp³-hybridized carbons (Fsp3) is 0.818. The molecule has 1 aliphatic heterocycles. The second-order valence-corrected chi connectivity index (χ2v) is 9.00. The third-order valence-electron chi connectivity index (χ3n) is 6.45. The van der Waals surface area contributed by atoms with Crippen molar-refractivity contribution in [2.24, 2.45) is 17.8 Å². The van der Waals surface area contributed by atoms with Crippen LogP contribution in [0, 0.1) is 17.8 Å². The fourth-order valence-electron chi connectivity index (χ4n) is 4.15. The molecule has 0 saturated heterocycles. The van der Waals surface area contributed by atoms with Crippen molar-refractivity contribution in [3.8, 4) is 0 Å². The maximum atomic E-state index is 12.2. The molecule has 1 heterocycles. The van der Waals surface area contributed by atoms with E-state index in [9.17, 15) is 9.59 Å². The van der Waals surface area contributed by atoms with Gasteiger partial charge in [0.15, 0.2) is 5.79 Å². The normalized spacial score (nSPS) is 28.4. The molecule has 0 spiro atoms. The monoisotopic (exact) mass is 395 g/mol. The molecule has 0 aromatic carbocycles. The fourth-order valence-corrected chi connectivity index (χ4v) is 4.15. The third-order valence-corrected chi connectivity index (χ3v) is 6.45.